The van der Waals surface area contributed by atoms with Crippen LogP contribution in [0.4, 0.5) is 0 Å². The van der Waals surface area contributed by atoms with Gasteiger partial charge in [-0.3, -0.25) is 4.79 Å². The molecule has 4 aliphatic rings. The second-order valence-corrected chi connectivity index (χ2v) is 13.2. The fraction of sp³-hybridized carbons (Fsp3) is 0.786. The Morgan fingerprint density at radius 2 is 1.94 bits per heavy atom. The highest BCUT2D eigenvalue weighted by Gasteiger charge is 2.61. The number of nitrogens with zero attached hydrogens (tertiary/aromatic N) is 1. The van der Waals surface area contributed by atoms with Gasteiger partial charge in [-0.25, -0.2) is 4.37 Å². The Morgan fingerprint density at radius 3 is 2.71 bits per heavy atom. The third kappa shape index (κ3) is 3.40. The number of carbonyl (C=O) groups excluding carboxylic acids is 1. The number of ketones is 1. The molecule has 3 fully saturated rings. The van der Waals surface area contributed by atoms with Crippen molar-refractivity contribution in [2.75, 3.05) is 0 Å². The Bertz CT molecular complexity index is 883. The van der Waals surface area contributed by atoms with Crippen LogP contribution in [0.5, 0.6) is 0 Å². The van der Waals surface area contributed by atoms with Gasteiger partial charge in [0.25, 0.3) is 0 Å². The highest BCUT2D eigenvalue weighted by molar-refractivity contribution is 7.07. The number of hydrogen-bond acceptors (Lipinski definition) is 3. The van der Waals surface area contributed by atoms with E-state index in [0.717, 1.165) is 42.1 Å². The number of allylic oxidation sites excluding steroid dienone is 1. The summed E-state index contributed by atoms with van der Waals surface area (Å²) in [7, 11) is 0. The monoisotopic (exact) mass is 439 g/mol. The van der Waals surface area contributed by atoms with E-state index in [9.17, 15) is 4.79 Å². The third-order valence-corrected chi connectivity index (χ3v) is 11.1. The van der Waals surface area contributed by atoms with Gasteiger partial charge in [0, 0.05) is 23.6 Å². The summed E-state index contributed by atoms with van der Waals surface area (Å²) in [5.41, 5.74) is 2.98. The molecule has 7 atom stereocenters. The summed E-state index contributed by atoms with van der Waals surface area (Å²) >= 11 is 1.56. The van der Waals surface area contributed by atoms with Crippen molar-refractivity contribution in [3.8, 4) is 0 Å². The molecule has 2 nitrogen and oxygen atoms in total. The van der Waals surface area contributed by atoms with Crippen molar-refractivity contribution in [3.63, 3.8) is 0 Å². The molecule has 0 radical (unpaired) electrons. The molecule has 1 heterocycles. The van der Waals surface area contributed by atoms with E-state index in [-0.39, 0.29) is 5.41 Å². The SMILES string of the molecule is CC(C)CCC[C@@H](C)[C@H]1CC[C@H]2[C@@H]3CC(=O)C4=Cc5sncc5C[C@]4(C)[C@H]3CC[C@]12C. The van der Waals surface area contributed by atoms with Crippen LogP contribution in [0.25, 0.3) is 6.08 Å². The van der Waals surface area contributed by atoms with E-state index >= 15 is 0 Å². The van der Waals surface area contributed by atoms with E-state index in [1.54, 1.807) is 11.5 Å². The van der Waals surface area contributed by atoms with Crippen molar-refractivity contribution in [2.24, 2.45) is 46.3 Å². The maximum Gasteiger partial charge on any atom is 0.159 e. The number of Topliss-reactive ketones (excluding diaryl/α,β-unsaturated/α-hetero) is 1. The number of rotatable bonds is 5. The van der Waals surface area contributed by atoms with Crippen LogP contribution >= 0.6 is 11.5 Å². The van der Waals surface area contributed by atoms with Crippen LogP contribution in [0, 0.1) is 46.3 Å². The molecule has 0 unspecified atom stereocenters. The van der Waals surface area contributed by atoms with E-state index in [2.05, 4.69) is 51.3 Å². The minimum atomic E-state index is 0.0258. The fourth-order valence-electron chi connectivity index (χ4n) is 8.75. The summed E-state index contributed by atoms with van der Waals surface area (Å²) in [4.78, 5) is 14.7. The van der Waals surface area contributed by atoms with Gasteiger partial charge < -0.3 is 0 Å². The molecular weight excluding hydrogens is 398 g/mol. The number of carbonyl (C=O) groups is 1. The molecule has 1 aromatic heterocycles. The minimum Gasteiger partial charge on any atom is -0.295 e. The number of aromatic nitrogens is 1. The van der Waals surface area contributed by atoms with Crippen molar-refractivity contribution in [2.45, 2.75) is 92.4 Å². The maximum absolute atomic E-state index is 13.4. The van der Waals surface area contributed by atoms with Crippen LogP contribution in [-0.4, -0.2) is 10.2 Å². The van der Waals surface area contributed by atoms with Gasteiger partial charge in [-0.05, 0) is 96.2 Å². The van der Waals surface area contributed by atoms with Crippen molar-refractivity contribution in [1.29, 1.82) is 0 Å². The quantitative estimate of drug-likeness (QED) is 0.473. The minimum absolute atomic E-state index is 0.0258. The van der Waals surface area contributed by atoms with Gasteiger partial charge in [-0.2, -0.15) is 0 Å². The zero-order valence-electron chi connectivity index (χ0n) is 20.2. The van der Waals surface area contributed by atoms with Gasteiger partial charge >= 0.3 is 0 Å². The second-order valence-electron chi connectivity index (χ2n) is 12.4. The Labute approximate surface area is 193 Å². The molecule has 0 aliphatic heterocycles. The standard InChI is InChI=1S/C28H41NOS/c1-17(2)7-6-8-18(3)21-9-10-22-20-13-25(30)24-14-26-19(16-29-31-26)15-28(24,5)23(20)11-12-27(21,22)4/h14,16-18,20-23H,6-13,15H2,1-5H3/t18-,20+,21-,22+,23+,27-,28-/m1/s1. The van der Waals surface area contributed by atoms with Gasteiger partial charge in [0.2, 0.25) is 0 Å². The summed E-state index contributed by atoms with van der Waals surface area (Å²) in [5.74, 6) is 4.94. The van der Waals surface area contributed by atoms with Crippen LogP contribution in [0.15, 0.2) is 11.8 Å². The number of fused-ring (bicyclic) bond motifs is 6. The zero-order valence-corrected chi connectivity index (χ0v) is 21.1. The van der Waals surface area contributed by atoms with Crippen molar-refractivity contribution in [1.82, 2.24) is 4.37 Å². The highest BCUT2D eigenvalue weighted by atomic mass is 32.1. The molecule has 31 heavy (non-hydrogen) atoms. The average Bonchev–Trinajstić information content (AvgIpc) is 3.29. The van der Waals surface area contributed by atoms with Gasteiger partial charge in [0.15, 0.2) is 5.78 Å². The topological polar surface area (TPSA) is 30.0 Å². The summed E-state index contributed by atoms with van der Waals surface area (Å²) in [6, 6.07) is 0. The van der Waals surface area contributed by atoms with E-state index in [1.165, 1.54) is 55.4 Å². The van der Waals surface area contributed by atoms with Gasteiger partial charge in [-0.15, -0.1) is 0 Å². The summed E-state index contributed by atoms with van der Waals surface area (Å²) < 4.78 is 4.44. The van der Waals surface area contributed by atoms with E-state index in [0.29, 0.717) is 23.0 Å². The molecule has 3 heteroatoms. The molecule has 0 bridgehead atoms. The smallest absolute Gasteiger partial charge is 0.159 e. The Hall–Kier alpha value is -0.960. The Morgan fingerprint density at radius 1 is 1.13 bits per heavy atom. The molecule has 4 aliphatic carbocycles. The summed E-state index contributed by atoms with van der Waals surface area (Å²) in [5, 5.41) is 0. The third-order valence-electron chi connectivity index (χ3n) is 10.3. The normalized spacial score (nSPS) is 40.1. The molecule has 3 saturated carbocycles. The van der Waals surface area contributed by atoms with Crippen LogP contribution < -0.4 is 0 Å². The molecule has 1 aromatic rings. The lowest BCUT2D eigenvalue weighted by atomic mass is 9.46. The maximum atomic E-state index is 13.4. The highest BCUT2D eigenvalue weighted by Crippen LogP contribution is 2.67. The second kappa shape index (κ2) is 7.82. The van der Waals surface area contributed by atoms with Gasteiger partial charge in [-0.1, -0.05) is 53.9 Å². The van der Waals surface area contributed by atoms with Crippen LogP contribution in [0.2, 0.25) is 0 Å². The van der Waals surface area contributed by atoms with Crippen LogP contribution in [0.3, 0.4) is 0 Å². The first-order chi connectivity index (χ1) is 14.7. The molecule has 0 aromatic carbocycles. The van der Waals surface area contributed by atoms with Gasteiger partial charge in [0.05, 0.1) is 4.88 Å². The zero-order chi connectivity index (χ0) is 22.0. The largest absolute Gasteiger partial charge is 0.295 e. The molecule has 0 N–H and O–H groups in total. The first kappa shape index (κ1) is 21.9. The van der Waals surface area contributed by atoms with Gasteiger partial charge in [0.1, 0.15) is 0 Å². The Balaban J connectivity index is 1.38. The van der Waals surface area contributed by atoms with Crippen molar-refractivity contribution >= 4 is 23.4 Å². The molecule has 0 spiro atoms. The lowest BCUT2D eigenvalue weighted by Gasteiger charge is -2.57. The molecule has 0 saturated heterocycles. The fourth-order valence-corrected chi connectivity index (χ4v) is 9.46. The van der Waals surface area contributed by atoms with Crippen LogP contribution in [0.1, 0.15) is 96.4 Å². The molecule has 5 rings (SSSR count). The van der Waals surface area contributed by atoms with E-state index in [4.69, 9.17) is 0 Å². The van der Waals surface area contributed by atoms with Crippen molar-refractivity contribution in [3.05, 3.63) is 22.2 Å². The molecular formula is C28H41NOS. The predicted octanol–water partition coefficient (Wildman–Crippen LogP) is 7.58. The molecule has 0 amide bonds. The predicted molar refractivity (Wildman–Crippen MR) is 130 cm³/mol. The lowest BCUT2D eigenvalue weighted by Crippen LogP contribution is -2.53. The lowest BCUT2D eigenvalue weighted by molar-refractivity contribution is -0.128. The first-order valence-electron chi connectivity index (χ1n) is 12.9. The summed E-state index contributed by atoms with van der Waals surface area (Å²) in [6.07, 6.45) is 15.6. The first-order valence-corrected chi connectivity index (χ1v) is 13.7. The number of hydrogen-bond donors (Lipinski definition) is 0. The molecule has 170 valence electrons. The Kier molecular flexibility index (Phi) is 5.51. The van der Waals surface area contributed by atoms with E-state index < -0.39 is 0 Å². The summed E-state index contributed by atoms with van der Waals surface area (Å²) in [6.45, 7) is 12.3. The average molecular weight is 440 g/mol. The van der Waals surface area contributed by atoms with Crippen molar-refractivity contribution < 1.29 is 4.79 Å². The van der Waals surface area contributed by atoms with Crippen LogP contribution in [-0.2, 0) is 11.2 Å². The van der Waals surface area contributed by atoms with E-state index in [1.807, 2.05) is 0 Å².